The molecule has 0 bridgehead atoms. The number of nitriles is 1. The summed E-state index contributed by atoms with van der Waals surface area (Å²) >= 11 is 0. The topological polar surface area (TPSA) is 132 Å². The van der Waals surface area contributed by atoms with Crippen LogP contribution in [0.5, 0.6) is 11.6 Å². The van der Waals surface area contributed by atoms with Gasteiger partial charge in [0.15, 0.2) is 11.2 Å². The number of carbonyl (C=O) groups excluding carboxylic acids is 1. The molecule has 3 N–H and O–H groups in total. The van der Waals surface area contributed by atoms with E-state index >= 15 is 0 Å². The Bertz CT molecular complexity index is 2020. The summed E-state index contributed by atoms with van der Waals surface area (Å²) in [7, 11) is 0. The highest BCUT2D eigenvalue weighted by molar-refractivity contribution is 5.93. The van der Waals surface area contributed by atoms with Crippen molar-refractivity contribution in [1.82, 2.24) is 19.5 Å². The number of anilines is 2. The van der Waals surface area contributed by atoms with Gasteiger partial charge in [0.05, 0.1) is 18.0 Å². The number of amides is 1. The van der Waals surface area contributed by atoms with E-state index in [4.69, 9.17) is 20.7 Å². The van der Waals surface area contributed by atoms with Gasteiger partial charge in [-0.05, 0) is 97.1 Å². The Labute approximate surface area is 254 Å². The minimum absolute atomic E-state index is 0.319. The lowest BCUT2D eigenvalue weighted by molar-refractivity contribution is 0.100. The van der Waals surface area contributed by atoms with Crippen LogP contribution < -0.4 is 15.8 Å². The second-order valence-corrected chi connectivity index (χ2v) is 10.7. The standard InChI is InChI=1S/C35H29N7O2/c1-21-4-6-25(7-5-21)19-42-20-38-33-30(42)34(41-35(40-33)39-29-14-8-24(18-36)9-15-29)44-31-22(2)16-28(17-23(31)3)26-10-12-27(13-11-26)32(37)43/h4-17,20H,19H2,1-3H3,(H2,37,43)(H,39,40,41). The summed E-state index contributed by atoms with van der Waals surface area (Å²) in [5.41, 5.74) is 14.4. The number of benzene rings is 4. The van der Waals surface area contributed by atoms with Crippen molar-refractivity contribution in [2.24, 2.45) is 5.73 Å². The molecular formula is C35H29N7O2. The van der Waals surface area contributed by atoms with E-state index in [0.717, 1.165) is 33.5 Å². The predicted octanol–water partition coefficient (Wildman–Crippen LogP) is 6.97. The number of hydrogen-bond donors (Lipinski definition) is 2. The van der Waals surface area contributed by atoms with Crippen LogP contribution in [0.15, 0.2) is 91.3 Å². The number of fused-ring (bicyclic) bond motifs is 1. The molecule has 0 fully saturated rings. The Morgan fingerprint density at radius 1 is 0.909 bits per heavy atom. The highest BCUT2D eigenvalue weighted by Gasteiger charge is 2.19. The van der Waals surface area contributed by atoms with E-state index < -0.39 is 5.91 Å². The van der Waals surface area contributed by atoms with Crippen molar-refractivity contribution in [1.29, 1.82) is 5.26 Å². The Morgan fingerprint density at radius 3 is 2.23 bits per heavy atom. The van der Waals surface area contributed by atoms with Crippen LogP contribution in [-0.4, -0.2) is 25.4 Å². The first-order valence-corrected chi connectivity index (χ1v) is 14.0. The van der Waals surface area contributed by atoms with E-state index in [1.165, 1.54) is 5.56 Å². The van der Waals surface area contributed by atoms with Gasteiger partial charge >= 0.3 is 0 Å². The summed E-state index contributed by atoms with van der Waals surface area (Å²) < 4.78 is 8.60. The molecule has 0 unspecified atom stereocenters. The number of imidazole rings is 1. The molecule has 0 aliphatic carbocycles. The molecule has 9 heteroatoms. The highest BCUT2D eigenvalue weighted by Crippen LogP contribution is 2.36. The van der Waals surface area contributed by atoms with E-state index in [1.807, 2.05) is 42.7 Å². The van der Waals surface area contributed by atoms with Crippen molar-refractivity contribution in [2.45, 2.75) is 27.3 Å². The summed E-state index contributed by atoms with van der Waals surface area (Å²) in [6.07, 6.45) is 1.75. The number of nitrogens with two attached hydrogens (primary N) is 1. The van der Waals surface area contributed by atoms with Gasteiger partial charge < -0.3 is 20.4 Å². The molecule has 1 amide bonds. The predicted molar refractivity (Wildman–Crippen MR) is 170 cm³/mol. The molecular weight excluding hydrogens is 550 g/mol. The summed E-state index contributed by atoms with van der Waals surface area (Å²) in [5.74, 6) is 0.896. The fraction of sp³-hybridized carbons (Fsp3) is 0.114. The molecule has 2 heterocycles. The number of ether oxygens (including phenoxy) is 1. The summed E-state index contributed by atoms with van der Waals surface area (Å²) in [6.45, 7) is 6.60. The number of nitrogens with one attached hydrogen (secondary N) is 1. The number of carbonyl (C=O) groups is 1. The number of primary amides is 1. The van der Waals surface area contributed by atoms with Crippen LogP contribution in [-0.2, 0) is 6.54 Å². The quantitative estimate of drug-likeness (QED) is 0.199. The van der Waals surface area contributed by atoms with Crippen molar-refractivity contribution in [3.63, 3.8) is 0 Å². The molecule has 0 saturated heterocycles. The molecule has 6 rings (SSSR count). The molecule has 4 aromatic carbocycles. The monoisotopic (exact) mass is 579 g/mol. The van der Waals surface area contributed by atoms with Crippen molar-refractivity contribution in [3.05, 3.63) is 125 Å². The smallest absolute Gasteiger partial charge is 0.250 e. The van der Waals surface area contributed by atoms with Crippen LogP contribution in [0.4, 0.5) is 11.6 Å². The zero-order chi connectivity index (χ0) is 30.8. The van der Waals surface area contributed by atoms with Crippen molar-refractivity contribution < 1.29 is 9.53 Å². The third kappa shape index (κ3) is 5.82. The molecule has 0 radical (unpaired) electrons. The molecule has 0 atom stereocenters. The van der Waals surface area contributed by atoms with E-state index in [9.17, 15) is 4.79 Å². The Kier molecular flexibility index (Phi) is 7.48. The maximum atomic E-state index is 11.5. The zero-order valence-corrected chi connectivity index (χ0v) is 24.5. The number of aryl methyl sites for hydroxylation is 3. The fourth-order valence-corrected chi connectivity index (χ4v) is 5.04. The van der Waals surface area contributed by atoms with E-state index in [1.54, 1.807) is 42.7 Å². The number of rotatable bonds is 8. The van der Waals surface area contributed by atoms with E-state index in [-0.39, 0.29) is 0 Å². The van der Waals surface area contributed by atoms with Crippen LogP contribution in [0.2, 0.25) is 0 Å². The Morgan fingerprint density at radius 2 is 1.59 bits per heavy atom. The molecule has 0 spiro atoms. The highest BCUT2D eigenvalue weighted by atomic mass is 16.5. The van der Waals surface area contributed by atoms with Gasteiger partial charge in [0.1, 0.15) is 5.75 Å². The lowest BCUT2D eigenvalue weighted by Gasteiger charge is -2.16. The first kappa shape index (κ1) is 28.1. The van der Waals surface area contributed by atoms with Gasteiger partial charge in [0, 0.05) is 17.8 Å². The number of hydrogen-bond acceptors (Lipinski definition) is 7. The maximum absolute atomic E-state index is 11.5. The van der Waals surface area contributed by atoms with Gasteiger partial charge in [0.25, 0.3) is 5.88 Å². The summed E-state index contributed by atoms with van der Waals surface area (Å²) in [6, 6.07) is 28.8. The van der Waals surface area contributed by atoms with Gasteiger partial charge in [0.2, 0.25) is 11.9 Å². The lowest BCUT2D eigenvalue weighted by Crippen LogP contribution is -2.10. The van der Waals surface area contributed by atoms with Crippen LogP contribution in [0, 0.1) is 32.1 Å². The maximum Gasteiger partial charge on any atom is 0.250 e. The molecule has 216 valence electrons. The van der Waals surface area contributed by atoms with Crippen LogP contribution in [0.1, 0.15) is 38.2 Å². The average molecular weight is 580 g/mol. The Hall–Kier alpha value is -6.01. The third-order valence-electron chi connectivity index (χ3n) is 7.35. The van der Waals surface area contributed by atoms with Gasteiger partial charge in [-0.25, -0.2) is 4.98 Å². The molecule has 0 aliphatic rings. The fourth-order valence-electron chi connectivity index (χ4n) is 5.04. The number of aromatic nitrogens is 4. The van der Waals surface area contributed by atoms with Gasteiger partial charge in [-0.2, -0.15) is 15.2 Å². The number of nitrogens with zero attached hydrogens (tertiary/aromatic N) is 5. The van der Waals surface area contributed by atoms with Gasteiger partial charge in [-0.15, -0.1) is 0 Å². The normalized spacial score (nSPS) is 10.9. The molecule has 6 aromatic rings. The SMILES string of the molecule is Cc1ccc(Cn2cnc3nc(Nc4ccc(C#N)cc4)nc(Oc4c(C)cc(-c5ccc(C(N)=O)cc5)cc4C)c32)cc1. The van der Waals surface area contributed by atoms with Crippen molar-refractivity contribution in [3.8, 4) is 28.8 Å². The molecule has 0 aliphatic heterocycles. The van der Waals surface area contributed by atoms with Crippen LogP contribution >= 0.6 is 0 Å². The minimum atomic E-state index is -0.460. The van der Waals surface area contributed by atoms with Crippen molar-refractivity contribution >= 4 is 28.7 Å². The van der Waals surface area contributed by atoms with Gasteiger partial charge in [-0.1, -0.05) is 42.0 Å². The van der Waals surface area contributed by atoms with Gasteiger partial charge in [-0.3, -0.25) is 4.79 Å². The zero-order valence-electron chi connectivity index (χ0n) is 24.5. The van der Waals surface area contributed by atoms with E-state index in [2.05, 4.69) is 52.5 Å². The second-order valence-electron chi connectivity index (χ2n) is 10.7. The molecule has 9 nitrogen and oxygen atoms in total. The molecule has 44 heavy (non-hydrogen) atoms. The second kappa shape index (κ2) is 11.7. The Balaban J connectivity index is 1.40. The lowest BCUT2D eigenvalue weighted by atomic mass is 9.99. The summed E-state index contributed by atoms with van der Waals surface area (Å²) in [5, 5.41) is 12.4. The largest absolute Gasteiger partial charge is 0.436 e. The minimum Gasteiger partial charge on any atom is -0.436 e. The molecule has 2 aromatic heterocycles. The first-order chi connectivity index (χ1) is 21.3. The molecule has 0 saturated carbocycles. The first-order valence-electron chi connectivity index (χ1n) is 14.0. The van der Waals surface area contributed by atoms with Crippen LogP contribution in [0.3, 0.4) is 0 Å². The third-order valence-corrected chi connectivity index (χ3v) is 7.35. The summed E-state index contributed by atoms with van der Waals surface area (Å²) in [4.78, 5) is 25.6. The van der Waals surface area contributed by atoms with Crippen LogP contribution in [0.25, 0.3) is 22.3 Å². The van der Waals surface area contributed by atoms with Crippen molar-refractivity contribution in [2.75, 3.05) is 5.32 Å². The van der Waals surface area contributed by atoms with E-state index in [0.29, 0.717) is 46.4 Å². The average Bonchev–Trinajstić information content (AvgIpc) is 3.42.